The van der Waals surface area contributed by atoms with Crippen LogP contribution in [0, 0.1) is 0 Å². The Labute approximate surface area is 139 Å². The minimum Gasteiger partial charge on any atom is -0.382 e. The normalized spacial score (nSPS) is 16.9. The van der Waals surface area contributed by atoms with Crippen LogP contribution in [0.2, 0.25) is 0 Å². The quantitative estimate of drug-likeness (QED) is 0.780. The summed E-state index contributed by atoms with van der Waals surface area (Å²) in [5.74, 6) is 0. The molecular weight excluding hydrogens is 314 g/mol. The summed E-state index contributed by atoms with van der Waals surface area (Å²) in [6, 6.07) is 13.6. The van der Waals surface area contributed by atoms with E-state index in [1.54, 1.807) is 11.3 Å². The van der Waals surface area contributed by atoms with E-state index in [1.807, 2.05) is 60.0 Å². The summed E-state index contributed by atoms with van der Waals surface area (Å²) in [4.78, 5) is 5.71. The van der Waals surface area contributed by atoms with Gasteiger partial charge in [0, 0.05) is 10.7 Å². The number of aliphatic hydroxyl groups excluding tert-OH is 1. The Kier molecular flexibility index (Phi) is 4.88. The minimum atomic E-state index is -0.734. The third kappa shape index (κ3) is 3.55. The molecule has 2 nitrogen and oxygen atoms in total. The number of thiophene rings is 1. The lowest BCUT2D eigenvalue weighted by atomic mass is 10.0. The summed E-state index contributed by atoms with van der Waals surface area (Å²) in [7, 11) is 0. The molecule has 22 heavy (non-hydrogen) atoms. The van der Waals surface area contributed by atoms with E-state index in [-0.39, 0.29) is 0 Å². The van der Waals surface area contributed by atoms with E-state index in [1.165, 1.54) is 0 Å². The van der Waals surface area contributed by atoms with Gasteiger partial charge in [-0.25, -0.2) is 0 Å². The largest absolute Gasteiger partial charge is 0.382 e. The highest BCUT2D eigenvalue weighted by atomic mass is 35.5. The van der Waals surface area contributed by atoms with E-state index in [2.05, 4.69) is 0 Å². The lowest BCUT2D eigenvalue weighted by molar-refractivity contribution is 0.248. The molecule has 1 aromatic carbocycles. The first-order valence-electron chi connectivity index (χ1n) is 7.15. The van der Waals surface area contributed by atoms with Gasteiger partial charge in [-0.1, -0.05) is 48.0 Å². The molecule has 1 aliphatic rings. The number of hydrogen-bond donors (Lipinski definition) is 1. The third-order valence-corrected chi connectivity index (χ3v) is 4.70. The minimum absolute atomic E-state index is 0.693. The summed E-state index contributed by atoms with van der Waals surface area (Å²) < 4.78 is 0. The molecule has 0 saturated heterocycles. The van der Waals surface area contributed by atoms with Crippen molar-refractivity contribution in [3.63, 3.8) is 0 Å². The third-order valence-electron chi connectivity index (χ3n) is 3.49. The zero-order valence-corrected chi connectivity index (χ0v) is 13.5. The fourth-order valence-corrected chi connectivity index (χ4v) is 3.21. The Morgan fingerprint density at radius 2 is 1.91 bits per heavy atom. The first kappa shape index (κ1) is 15.2. The number of aliphatic imine (C=N–C) groups is 1. The maximum Gasteiger partial charge on any atom is 0.122 e. The van der Waals surface area contributed by atoms with Gasteiger partial charge in [-0.3, -0.25) is 4.99 Å². The molecule has 1 atom stereocenters. The van der Waals surface area contributed by atoms with Crippen molar-refractivity contribution in [2.24, 2.45) is 4.99 Å². The van der Waals surface area contributed by atoms with Crippen molar-refractivity contribution in [1.29, 1.82) is 0 Å². The van der Waals surface area contributed by atoms with E-state index in [4.69, 9.17) is 16.6 Å². The molecule has 0 aliphatic heterocycles. The molecular formula is C18H16ClNOS. The smallest absolute Gasteiger partial charge is 0.122 e. The Morgan fingerprint density at radius 3 is 2.55 bits per heavy atom. The Morgan fingerprint density at radius 1 is 1.09 bits per heavy atom. The molecule has 0 amide bonds. The van der Waals surface area contributed by atoms with Crippen LogP contribution >= 0.6 is 22.9 Å². The predicted molar refractivity (Wildman–Crippen MR) is 93.5 cm³/mol. The first-order chi connectivity index (χ1) is 10.7. The SMILES string of the molecule is OC(/C(=N/C1=CC=C(Cl)CC1)c1cccs1)c1ccccc1. The molecule has 1 aromatic heterocycles. The molecule has 1 unspecified atom stereocenters. The van der Waals surface area contributed by atoms with Crippen molar-refractivity contribution in [3.05, 3.63) is 81.2 Å². The van der Waals surface area contributed by atoms with Crippen LogP contribution in [0.25, 0.3) is 0 Å². The molecule has 1 N–H and O–H groups in total. The van der Waals surface area contributed by atoms with Gasteiger partial charge in [0.15, 0.2) is 0 Å². The molecule has 3 rings (SSSR count). The van der Waals surface area contributed by atoms with E-state index < -0.39 is 6.10 Å². The average Bonchev–Trinajstić information content (AvgIpc) is 3.09. The number of halogens is 1. The fraction of sp³-hybridized carbons (Fsp3) is 0.167. The van der Waals surface area contributed by atoms with Gasteiger partial charge in [0.05, 0.1) is 10.6 Å². The lowest BCUT2D eigenvalue weighted by Gasteiger charge is -2.15. The van der Waals surface area contributed by atoms with Crippen LogP contribution in [-0.4, -0.2) is 10.8 Å². The van der Waals surface area contributed by atoms with Gasteiger partial charge >= 0.3 is 0 Å². The Balaban J connectivity index is 1.98. The molecule has 1 heterocycles. The topological polar surface area (TPSA) is 32.6 Å². The molecule has 0 fully saturated rings. The molecule has 0 saturated carbocycles. The standard InChI is InChI=1S/C18H16ClNOS/c19-14-8-10-15(11-9-14)20-17(16-7-4-12-22-16)18(21)13-5-2-1-3-6-13/h1-8,10,12,18,21H,9,11H2/b20-17+. The van der Waals surface area contributed by atoms with Crippen LogP contribution in [0.15, 0.2) is 75.7 Å². The van der Waals surface area contributed by atoms with Gasteiger partial charge in [0.2, 0.25) is 0 Å². The number of rotatable bonds is 4. The van der Waals surface area contributed by atoms with Crippen LogP contribution in [-0.2, 0) is 0 Å². The highest BCUT2D eigenvalue weighted by Gasteiger charge is 2.19. The second-order valence-corrected chi connectivity index (χ2v) is 6.49. The van der Waals surface area contributed by atoms with Crippen molar-refractivity contribution in [1.82, 2.24) is 0 Å². The zero-order chi connectivity index (χ0) is 15.4. The second kappa shape index (κ2) is 7.05. The number of nitrogens with zero attached hydrogens (tertiary/aromatic N) is 1. The molecule has 0 radical (unpaired) electrons. The monoisotopic (exact) mass is 329 g/mol. The summed E-state index contributed by atoms with van der Waals surface area (Å²) in [6.07, 6.45) is 4.67. The van der Waals surface area contributed by atoms with Gasteiger partial charge in [0.1, 0.15) is 6.10 Å². The maximum absolute atomic E-state index is 10.7. The van der Waals surface area contributed by atoms with Crippen molar-refractivity contribution < 1.29 is 5.11 Å². The van der Waals surface area contributed by atoms with Crippen molar-refractivity contribution in [2.75, 3.05) is 0 Å². The van der Waals surface area contributed by atoms with E-state index in [9.17, 15) is 5.11 Å². The Hall–Kier alpha value is -1.68. The zero-order valence-electron chi connectivity index (χ0n) is 11.9. The highest BCUT2D eigenvalue weighted by Crippen LogP contribution is 2.27. The van der Waals surface area contributed by atoms with Crippen molar-refractivity contribution in [2.45, 2.75) is 18.9 Å². The van der Waals surface area contributed by atoms with E-state index in [0.717, 1.165) is 34.0 Å². The number of benzene rings is 1. The fourth-order valence-electron chi connectivity index (χ4n) is 2.32. The van der Waals surface area contributed by atoms with Crippen LogP contribution in [0.5, 0.6) is 0 Å². The molecule has 112 valence electrons. The lowest BCUT2D eigenvalue weighted by Crippen LogP contribution is -2.13. The summed E-state index contributed by atoms with van der Waals surface area (Å²) in [5.41, 5.74) is 2.49. The summed E-state index contributed by atoms with van der Waals surface area (Å²) >= 11 is 7.58. The number of allylic oxidation sites excluding steroid dienone is 4. The van der Waals surface area contributed by atoms with Gasteiger partial charge < -0.3 is 5.11 Å². The van der Waals surface area contributed by atoms with Crippen LogP contribution in [0.1, 0.15) is 29.4 Å². The molecule has 0 bridgehead atoms. The van der Waals surface area contributed by atoms with Crippen LogP contribution in [0.4, 0.5) is 0 Å². The van der Waals surface area contributed by atoms with Gasteiger partial charge in [0.25, 0.3) is 0 Å². The molecule has 2 aromatic rings. The van der Waals surface area contributed by atoms with Crippen LogP contribution in [0.3, 0.4) is 0 Å². The molecule has 0 spiro atoms. The average molecular weight is 330 g/mol. The maximum atomic E-state index is 10.7. The Bertz CT molecular complexity index is 717. The molecule has 1 aliphatic carbocycles. The first-order valence-corrected chi connectivity index (χ1v) is 8.40. The van der Waals surface area contributed by atoms with Gasteiger partial charge in [-0.05, 0) is 42.0 Å². The van der Waals surface area contributed by atoms with Crippen molar-refractivity contribution in [3.8, 4) is 0 Å². The molecule has 4 heteroatoms. The highest BCUT2D eigenvalue weighted by molar-refractivity contribution is 7.12. The summed E-state index contributed by atoms with van der Waals surface area (Å²) in [6.45, 7) is 0. The summed E-state index contributed by atoms with van der Waals surface area (Å²) in [5, 5.41) is 13.6. The van der Waals surface area contributed by atoms with E-state index in [0.29, 0.717) is 5.71 Å². The predicted octanol–water partition coefficient (Wildman–Crippen LogP) is 5.07. The number of hydrogen-bond acceptors (Lipinski definition) is 3. The number of aliphatic hydroxyl groups is 1. The van der Waals surface area contributed by atoms with Crippen molar-refractivity contribution >= 4 is 28.6 Å². The van der Waals surface area contributed by atoms with Gasteiger partial charge in [-0.2, -0.15) is 0 Å². The second-order valence-electron chi connectivity index (χ2n) is 5.06. The van der Waals surface area contributed by atoms with Crippen LogP contribution < -0.4 is 0 Å². The van der Waals surface area contributed by atoms with E-state index >= 15 is 0 Å². The van der Waals surface area contributed by atoms with Gasteiger partial charge in [-0.15, -0.1) is 11.3 Å².